The molecule has 0 aliphatic carbocycles. The van der Waals surface area contributed by atoms with Crippen molar-refractivity contribution < 1.29 is 4.79 Å². The lowest BCUT2D eigenvalue weighted by Gasteiger charge is -2.11. The second-order valence-electron chi connectivity index (χ2n) is 4.65. The summed E-state index contributed by atoms with van der Waals surface area (Å²) in [7, 11) is 0. The summed E-state index contributed by atoms with van der Waals surface area (Å²) in [6.07, 6.45) is 4.60. The molecule has 2 N–H and O–H groups in total. The standard InChI is InChI=1S/C14H19N5O/c1-3-10(2)18-13(20)6-7-16-12-5-4-11-14(19-12)17-9-8-15-11/h4-5,8-10H,3,6-7H2,1-2H3,(H,18,20)(H,16,17,19). The second-order valence-corrected chi connectivity index (χ2v) is 4.65. The van der Waals surface area contributed by atoms with E-state index >= 15 is 0 Å². The molecule has 0 fully saturated rings. The topological polar surface area (TPSA) is 79.8 Å². The van der Waals surface area contributed by atoms with E-state index in [-0.39, 0.29) is 11.9 Å². The van der Waals surface area contributed by atoms with Crippen molar-refractivity contribution in [2.24, 2.45) is 0 Å². The summed E-state index contributed by atoms with van der Waals surface area (Å²) in [4.78, 5) is 24.3. The first-order valence-corrected chi connectivity index (χ1v) is 6.80. The van der Waals surface area contributed by atoms with Crippen LogP contribution in [-0.4, -0.2) is 33.4 Å². The molecule has 106 valence electrons. The van der Waals surface area contributed by atoms with Gasteiger partial charge < -0.3 is 10.6 Å². The first kappa shape index (κ1) is 14.2. The van der Waals surface area contributed by atoms with Crippen molar-refractivity contribution in [3.8, 4) is 0 Å². The van der Waals surface area contributed by atoms with Gasteiger partial charge in [0.2, 0.25) is 5.91 Å². The first-order chi connectivity index (χ1) is 9.69. The summed E-state index contributed by atoms with van der Waals surface area (Å²) in [6, 6.07) is 3.91. The molecule has 2 rings (SSSR count). The van der Waals surface area contributed by atoms with Crippen LogP contribution in [0, 0.1) is 0 Å². The van der Waals surface area contributed by atoms with Crippen LogP contribution in [0.5, 0.6) is 0 Å². The molecule has 1 unspecified atom stereocenters. The molecule has 1 atom stereocenters. The fourth-order valence-electron chi connectivity index (χ4n) is 1.71. The normalized spacial score (nSPS) is 12.1. The molecular weight excluding hydrogens is 254 g/mol. The van der Waals surface area contributed by atoms with Crippen molar-refractivity contribution >= 4 is 22.9 Å². The number of fused-ring (bicyclic) bond motifs is 1. The van der Waals surface area contributed by atoms with Crippen molar-refractivity contribution in [2.75, 3.05) is 11.9 Å². The number of rotatable bonds is 6. The molecule has 6 heteroatoms. The van der Waals surface area contributed by atoms with Gasteiger partial charge in [-0.2, -0.15) is 0 Å². The molecule has 0 radical (unpaired) electrons. The average molecular weight is 273 g/mol. The largest absolute Gasteiger partial charge is 0.369 e. The minimum absolute atomic E-state index is 0.0485. The van der Waals surface area contributed by atoms with Crippen molar-refractivity contribution in [1.29, 1.82) is 0 Å². The van der Waals surface area contributed by atoms with Gasteiger partial charge in [0, 0.05) is 31.4 Å². The summed E-state index contributed by atoms with van der Waals surface area (Å²) in [6.45, 7) is 4.58. The Labute approximate surface area is 118 Å². The zero-order valence-corrected chi connectivity index (χ0v) is 11.8. The summed E-state index contributed by atoms with van der Waals surface area (Å²) >= 11 is 0. The highest BCUT2D eigenvalue weighted by molar-refractivity contribution is 5.77. The number of carbonyl (C=O) groups is 1. The van der Waals surface area contributed by atoms with Gasteiger partial charge in [-0.1, -0.05) is 6.92 Å². The predicted octanol–water partition coefficient (Wildman–Crippen LogP) is 1.74. The van der Waals surface area contributed by atoms with Crippen LogP contribution in [0.25, 0.3) is 11.2 Å². The highest BCUT2D eigenvalue weighted by Crippen LogP contribution is 2.09. The first-order valence-electron chi connectivity index (χ1n) is 6.80. The van der Waals surface area contributed by atoms with Crippen molar-refractivity contribution in [1.82, 2.24) is 20.3 Å². The lowest BCUT2D eigenvalue weighted by molar-refractivity contribution is -0.121. The SMILES string of the molecule is CCC(C)NC(=O)CCNc1ccc2nccnc2n1. The lowest BCUT2D eigenvalue weighted by atomic mass is 10.2. The monoisotopic (exact) mass is 273 g/mol. The molecule has 0 saturated heterocycles. The number of carbonyl (C=O) groups excluding carboxylic acids is 1. The van der Waals surface area contributed by atoms with E-state index in [2.05, 4.69) is 25.6 Å². The molecule has 1 amide bonds. The number of hydrogen-bond acceptors (Lipinski definition) is 5. The van der Waals surface area contributed by atoms with Gasteiger partial charge >= 0.3 is 0 Å². The molecule has 20 heavy (non-hydrogen) atoms. The fraction of sp³-hybridized carbons (Fsp3) is 0.429. The van der Waals surface area contributed by atoms with E-state index < -0.39 is 0 Å². The number of anilines is 1. The van der Waals surface area contributed by atoms with Crippen LogP contribution < -0.4 is 10.6 Å². The Hall–Kier alpha value is -2.24. The van der Waals surface area contributed by atoms with E-state index in [4.69, 9.17) is 0 Å². The van der Waals surface area contributed by atoms with Gasteiger partial charge in [-0.15, -0.1) is 0 Å². The Morgan fingerprint density at radius 1 is 1.30 bits per heavy atom. The summed E-state index contributed by atoms with van der Waals surface area (Å²) in [5, 5.41) is 6.04. The minimum Gasteiger partial charge on any atom is -0.369 e. The molecule has 0 aromatic carbocycles. The van der Waals surface area contributed by atoms with E-state index in [1.54, 1.807) is 12.4 Å². The fourth-order valence-corrected chi connectivity index (χ4v) is 1.71. The highest BCUT2D eigenvalue weighted by Gasteiger charge is 2.05. The van der Waals surface area contributed by atoms with Crippen LogP contribution in [0.1, 0.15) is 26.7 Å². The third kappa shape index (κ3) is 3.88. The summed E-state index contributed by atoms with van der Waals surface area (Å²) in [5.41, 5.74) is 1.36. The molecule has 0 saturated carbocycles. The van der Waals surface area contributed by atoms with Crippen LogP contribution in [0.4, 0.5) is 5.82 Å². The molecule has 2 aromatic rings. The highest BCUT2D eigenvalue weighted by atomic mass is 16.1. The third-order valence-corrected chi connectivity index (χ3v) is 3.01. The van der Waals surface area contributed by atoms with E-state index in [0.717, 1.165) is 11.9 Å². The molecule has 2 heterocycles. The van der Waals surface area contributed by atoms with Crippen molar-refractivity contribution in [3.63, 3.8) is 0 Å². The molecule has 2 aromatic heterocycles. The van der Waals surface area contributed by atoms with Gasteiger partial charge in [0.1, 0.15) is 11.3 Å². The number of hydrogen-bond donors (Lipinski definition) is 2. The maximum atomic E-state index is 11.6. The minimum atomic E-state index is 0.0485. The zero-order valence-electron chi connectivity index (χ0n) is 11.8. The van der Waals surface area contributed by atoms with E-state index in [0.29, 0.717) is 24.4 Å². The van der Waals surface area contributed by atoms with Gasteiger partial charge in [0.15, 0.2) is 5.65 Å². The Bertz CT molecular complexity index is 587. The molecule has 0 spiro atoms. The Kier molecular flexibility index (Phi) is 4.81. The molecule has 0 bridgehead atoms. The maximum Gasteiger partial charge on any atom is 0.221 e. The number of nitrogens with one attached hydrogen (secondary N) is 2. The third-order valence-electron chi connectivity index (χ3n) is 3.01. The molecule has 6 nitrogen and oxygen atoms in total. The van der Waals surface area contributed by atoms with Crippen LogP contribution in [0.2, 0.25) is 0 Å². The number of aromatic nitrogens is 3. The van der Waals surface area contributed by atoms with E-state index in [1.165, 1.54) is 0 Å². The number of amides is 1. The lowest BCUT2D eigenvalue weighted by Crippen LogP contribution is -2.32. The van der Waals surface area contributed by atoms with Crippen LogP contribution in [0.15, 0.2) is 24.5 Å². The quantitative estimate of drug-likeness (QED) is 0.838. The Balaban J connectivity index is 1.85. The van der Waals surface area contributed by atoms with Crippen LogP contribution >= 0.6 is 0 Å². The van der Waals surface area contributed by atoms with Crippen LogP contribution in [-0.2, 0) is 4.79 Å². The van der Waals surface area contributed by atoms with Gasteiger partial charge in [-0.25, -0.2) is 9.97 Å². The van der Waals surface area contributed by atoms with Gasteiger partial charge in [-0.3, -0.25) is 9.78 Å². The summed E-state index contributed by atoms with van der Waals surface area (Å²) < 4.78 is 0. The predicted molar refractivity (Wildman–Crippen MR) is 78.3 cm³/mol. The molecule has 0 aliphatic heterocycles. The van der Waals surface area contributed by atoms with Crippen LogP contribution in [0.3, 0.4) is 0 Å². The number of pyridine rings is 1. The second kappa shape index (κ2) is 6.79. The summed E-state index contributed by atoms with van der Waals surface area (Å²) in [5.74, 6) is 0.752. The number of nitrogens with zero attached hydrogens (tertiary/aromatic N) is 3. The smallest absolute Gasteiger partial charge is 0.221 e. The zero-order chi connectivity index (χ0) is 14.4. The van der Waals surface area contributed by atoms with E-state index in [9.17, 15) is 4.79 Å². The maximum absolute atomic E-state index is 11.6. The Morgan fingerprint density at radius 2 is 2.10 bits per heavy atom. The molecule has 0 aliphatic rings. The molecular formula is C14H19N5O. The average Bonchev–Trinajstić information content (AvgIpc) is 2.47. The Morgan fingerprint density at radius 3 is 2.90 bits per heavy atom. The van der Waals surface area contributed by atoms with Gasteiger partial charge in [0.25, 0.3) is 0 Å². The van der Waals surface area contributed by atoms with Crippen molar-refractivity contribution in [2.45, 2.75) is 32.7 Å². The van der Waals surface area contributed by atoms with Crippen molar-refractivity contribution in [3.05, 3.63) is 24.5 Å². The van der Waals surface area contributed by atoms with Gasteiger partial charge in [0.05, 0.1) is 0 Å². The van der Waals surface area contributed by atoms with Gasteiger partial charge in [-0.05, 0) is 25.5 Å². The van der Waals surface area contributed by atoms with E-state index in [1.807, 2.05) is 26.0 Å².